The Morgan fingerprint density at radius 1 is 1.26 bits per heavy atom. The molecule has 3 rings (SSSR count). The summed E-state index contributed by atoms with van der Waals surface area (Å²) in [5.41, 5.74) is 3.14. The molecule has 1 aromatic heterocycles. The predicted octanol–water partition coefficient (Wildman–Crippen LogP) is 4.24. The Hall–Kier alpha value is -2.63. The first kappa shape index (κ1) is 19.1. The topological polar surface area (TPSA) is 64.4 Å². The van der Waals surface area contributed by atoms with E-state index < -0.39 is 5.60 Å². The summed E-state index contributed by atoms with van der Waals surface area (Å²) >= 11 is 0. The molecule has 1 saturated heterocycles. The number of benzene rings is 1. The number of ether oxygens (including phenoxy) is 1. The summed E-state index contributed by atoms with van der Waals surface area (Å²) in [6.07, 6.45) is 6.09. The molecule has 6 nitrogen and oxygen atoms in total. The molecule has 2 heterocycles. The van der Waals surface area contributed by atoms with Gasteiger partial charge in [0.15, 0.2) is 6.29 Å². The molecule has 0 saturated carbocycles. The first-order valence-electron chi connectivity index (χ1n) is 9.35. The van der Waals surface area contributed by atoms with Crippen molar-refractivity contribution < 1.29 is 14.3 Å². The predicted molar refractivity (Wildman–Crippen MR) is 104 cm³/mol. The number of aldehydes is 1. The summed E-state index contributed by atoms with van der Waals surface area (Å²) in [7, 11) is 0. The number of hydrogen-bond donors (Lipinski definition) is 0. The molecule has 1 amide bonds. The van der Waals surface area contributed by atoms with Crippen LogP contribution < -0.4 is 0 Å². The van der Waals surface area contributed by atoms with Crippen molar-refractivity contribution in [1.82, 2.24) is 14.7 Å². The van der Waals surface area contributed by atoms with Gasteiger partial charge in [-0.3, -0.25) is 9.48 Å². The van der Waals surface area contributed by atoms with E-state index in [1.165, 1.54) is 0 Å². The zero-order valence-corrected chi connectivity index (χ0v) is 16.4. The van der Waals surface area contributed by atoms with Crippen molar-refractivity contribution in [3.05, 3.63) is 41.7 Å². The average molecular weight is 369 g/mol. The lowest BCUT2D eigenvalue weighted by Gasteiger charge is -2.33. The lowest BCUT2D eigenvalue weighted by atomic mass is 10.0. The van der Waals surface area contributed by atoms with Gasteiger partial charge in [-0.05, 0) is 46.1 Å². The highest BCUT2D eigenvalue weighted by atomic mass is 16.6. The van der Waals surface area contributed by atoms with Gasteiger partial charge in [-0.25, -0.2) is 4.79 Å². The molecule has 1 aliphatic heterocycles. The molecule has 144 valence electrons. The van der Waals surface area contributed by atoms with Crippen molar-refractivity contribution in [2.24, 2.45) is 0 Å². The highest BCUT2D eigenvalue weighted by Gasteiger charge is 2.28. The molecule has 0 radical (unpaired) electrons. The third-order valence-corrected chi connectivity index (χ3v) is 4.74. The van der Waals surface area contributed by atoms with Crippen LogP contribution in [0.15, 0.2) is 30.6 Å². The van der Waals surface area contributed by atoms with Gasteiger partial charge in [0.2, 0.25) is 0 Å². The molecule has 1 aliphatic rings. The molecule has 0 aliphatic carbocycles. The number of piperidine rings is 1. The largest absolute Gasteiger partial charge is 0.444 e. The van der Waals surface area contributed by atoms with E-state index in [-0.39, 0.29) is 12.1 Å². The molecule has 6 heteroatoms. The van der Waals surface area contributed by atoms with Gasteiger partial charge in [-0.1, -0.05) is 23.8 Å². The van der Waals surface area contributed by atoms with E-state index >= 15 is 0 Å². The standard InChI is InChI=1S/C21H27N3O3/c1-15-5-6-16(14-25)19(11-15)17-12-22-24(13-17)18-7-9-23(10-8-18)20(26)27-21(2,3)4/h5-6,11-14,18H,7-10H2,1-4H3. The van der Waals surface area contributed by atoms with Crippen LogP contribution in [-0.2, 0) is 4.74 Å². The van der Waals surface area contributed by atoms with Crippen LogP contribution in [0.1, 0.15) is 55.6 Å². The lowest BCUT2D eigenvalue weighted by molar-refractivity contribution is 0.0184. The average Bonchev–Trinajstić information content (AvgIpc) is 3.10. The molecule has 0 bridgehead atoms. The van der Waals surface area contributed by atoms with E-state index in [4.69, 9.17) is 4.74 Å². The second kappa shape index (κ2) is 7.55. The van der Waals surface area contributed by atoms with Gasteiger partial charge >= 0.3 is 6.09 Å². The molecule has 2 aromatic rings. The maximum absolute atomic E-state index is 12.2. The fraction of sp³-hybridized carbons (Fsp3) is 0.476. The van der Waals surface area contributed by atoms with Crippen LogP contribution in [0.2, 0.25) is 0 Å². The van der Waals surface area contributed by atoms with Crippen molar-refractivity contribution in [2.45, 2.75) is 52.2 Å². The number of amides is 1. The molecular weight excluding hydrogens is 342 g/mol. The summed E-state index contributed by atoms with van der Waals surface area (Å²) < 4.78 is 7.41. The number of rotatable bonds is 3. The normalized spacial score (nSPS) is 15.6. The molecule has 27 heavy (non-hydrogen) atoms. The van der Waals surface area contributed by atoms with Gasteiger partial charge in [0, 0.05) is 30.4 Å². The van der Waals surface area contributed by atoms with Crippen molar-refractivity contribution >= 4 is 12.4 Å². The minimum Gasteiger partial charge on any atom is -0.444 e. The number of aromatic nitrogens is 2. The van der Waals surface area contributed by atoms with Crippen LogP contribution in [0.4, 0.5) is 4.79 Å². The Balaban J connectivity index is 1.68. The van der Waals surface area contributed by atoms with E-state index in [1.807, 2.05) is 63.0 Å². The molecule has 1 fully saturated rings. The van der Waals surface area contributed by atoms with Crippen molar-refractivity contribution in [3.63, 3.8) is 0 Å². The van der Waals surface area contributed by atoms with Gasteiger partial charge in [0.05, 0.1) is 12.2 Å². The highest BCUT2D eigenvalue weighted by Crippen LogP contribution is 2.28. The molecule has 1 aromatic carbocycles. The Bertz CT molecular complexity index is 827. The van der Waals surface area contributed by atoms with Gasteiger partial charge < -0.3 is 9.64 Å². The van der Waals surface area contributed by atoms with Gasteiger partial charge in [0.25, 0.3) is 0 Å². The van der Waals surface area contributed by atoms with E-state index in [1.54, 1.807) is 4.90 Å². The number of aryl methyl sites for hydroxylation is 1. The smallest absolute Gasteiger partial charge is 0.410 e. The van der Waals surface area contributed by atoms with Crippen LogP contribution in [0.5, 0.6) is 0 Å². The molecule has 0 spiro atoms. The van der Waals surface area contributed by atoms with Crippen molar-refractivity contribution in [1.29, 1.82) is 0 Å². The molecule has 0 atom stereocenters. The van der Waals surface area contributed by atoms with Crippen LogP contribution in [0.3, 0.4) is 0 Å². The Morgan fingerprint density at radius 3 is 2.59 bits per heavy atom. The summed E-state index contributed by atoms with van der Waals surface area (Å²) in [5, 5.41) is 4.52. The number of hydrogen-bond acceptors (Lipinski definition) is 4. The molecular formula is C21H27N3O3. The summed E-state index contributed by atoms with van der Waals surface area (Å²) in [6, 6.07) is 6.02. The van der Waals surface area contributed by atoms with Gasteiger partial charge in [-0.2, -0.15) is 5.10 Å². The highest BCUT2D eigenvalue weighted by molar-refractivity contribution is 5.87. The maximum atomic E-state index is 12.2. The number of carbonyl (C=O) groups excluding carboxylic acids is 2. The van der Waals surface area contributed by atoms with E-state index in [0.29, 0.717) is 18.7 Å². The van der Waals surface area contributed by atoms with Crippen LogP contribution in [0, 0.1) is 6.92 Å². The monoisotopic (exact) mass is 369 g/mol. The molecule has 0 unspecified atom stereocenters. The van der Waals surface area contributed by atoms with Crippen molar-refractivity contribution in [3.8, 4) is 11.1 Å². The van der Waals surface area contributed by atoms with Gasteiger partial charge in [-0.15, -0.1) is 0 Å². The van der Waals surface area contributed by atoms with Crippen molar-refractivity contribution in [2.75, 3.05) is 13.1 Å². The number of nitrogens with zero attached hydrogens (tertiary/aromatic N) is 3. The minimum absolute atomic E-state index is 0.238. The van der Waals surface area contributed by atoms with E-state index in [0.717, 1.165) is 35.8 Å². The summed E-state index contributed by atoms with van der Waals surface area (Å²) in [4.78, 5) is 25.3. The van der Waals surface area contributed by atoms with E-state index in [2.05, 4.69) is 5.10 Å². The second-order valence-corrected chi connectivity index (χ2v) is 8.12. The Kier molecular flexibility index (Phi) is 5.35. The summed E-state index contributed by atoms with van der Waals surface area (Å²) in [6.45, 7) is 8.94. The maximum Gasteiger partial charge on any atom is 0.410 e. The Labute approximate surface area is 160 Å². The zero-order chi connectivity index (χ0) is 19.6. The minimum atomic E-state index is -0.477. The third kappa shape index (κ3) is 4.56. The van der Waals surface area contributed by atoms with Gasteiger partial charge in [0.1, 0.15) is 5.60 Å². The molecule has 0 N–H and O–H groups in total. The fourth-order valence-corrected chi connectivity index (χ4v) is 3.34. The first-order chi connectivity index (χ1) is 12.8. The second-order valence-electron chi connectivity index (χ2n) is 8.12. The first-order valence-corrected chi connectivity index (χ1v) is 9.35. The van der Waals surface area contributed by atoms with E-state index in [9.17, 15) is 9.59 Å². The van der Waals surface area contributed by atoms with Crippen LogP contribution >= 0.6 is 0 Å². The van der Waals surface area contributed by atoms with Crippen LogP contribution in [0.25, 0.3) is 11.1 Å². The fourth-order valence-electron chi connectivity index (χ4n) is 3.34. The number of carbonyl (C=O) groups is 2. The van der Waals surface area contributed by atoms with Crippen LogP contribution in [-0.4, -0.2) is 45.8 Å². The summed E-state index contributed by atoms with van der Waals surface area (Å²) in [5.74, 6) is 0. The lowest BCUT2D eigenvalue weighted by Crippen LogP contribution is -2.42. The number of likely N-dealkylation sites (tertiary alicyclic amines) is 1. The Morgan fingerprint density at radius 2 is 1.96 bits per heavy atom. The SMILES string of the molecule is Cc1ccc(C=O)c(-c2cnn(C3CCN(C(=O)OC(C)(C)C)CC3)c2)c1. The quantitative estimate of drug-likeness (QED) is 0.759. The zero-order valence-electron chi connectivity index (χ0n) is 16.4. The third-order valence-electron chi connectivity index (χ3n) is 4.74.